The van der Waals surface area contributed by atoms with Gasteiger partial charge in [0, 0.05) is 79.2 Å². The van der Waals surface area contributed by atoms with E-state index in [0.717, 1.165) is 6.42 Å². The zero-order valence-corrected chi connectivity index (χ0v) is 55.1. The van der Waals surface area contributed by atoms with Crippen LogP contribution in [0.4, 0.5) is 16.2 Å². The highest BCUT2D eigenvalue weighted by Crippen LogP contribution is 2.26. The fourth-order valence-corrected chi connectivity index (χ4v) is 10.2. The SMILES string of the molecule is COC(=O)c1cccn(C2CCOC[C@H]2O)c1=O.COC(=O)c1cccoc1=O.CO[C@@H]1COCCC1n1cccc(C(=O)O)c1=O.CO[C@@H]1COCCC1n1cccc(N)c1=O.CO[C@@H]1COCCC1n1cccc(NC(=O)OC(C)(C)C)c1=O.Cl.N[C@H]1COCC[C@H]1O. The third-order valence-corrected chi connectivity index (χ3v) is 15.1. The minimum atomic E-state index is -1.21. The topological polar surface area (TPSA) is 413 Å². The number of carboxylic acids is 1. The molecular weight excluding hydrogens is 1270 g/mol. The van der Waals surface area contributed by atoms with Crippen LogP contribution in [0, 0.1) is 0 Å². The highest BCUT2D eigenvalue weighted by molar-refractivity contribution is 5.89. The van der Waals surface area contributed by atoms with Crippen molar-refractivity contribution in [1.29, 1.82) is 0 Å². The predicted molar refractivity (Wildman–Crippen MR) is 345 cm³/mol. The van der Waals surface area contributed by atoms with Gasteiger partial charge in [-0.3, -0.25) is 24.5 Å². The van der Waals surface area contributed by atoms with Gasteiger partial charge in [0.25, 0.3) is 22.2 Å². The number of aliphatic hydroxyl groups excluding tert-OH is 2. The Morgan fingerprint density at radius 1 is 0.526 bits per heavy atom. The number of ether oxygens (including phenoxy) is 11. The lowest BCUT2D eigenvalue weighted by atomic mass is 10.1. The van der Waals surface area contributed by atoms with Crippen molar-refractivity contribution in [3.63, 3.8) is 0 Å². The van der Waals surface area contributed by atoms with Crippen molar-refractivity contribution in [2.24, 2.45) is 5.73 Å². The summed E-state index contributed by atoms with van der Waals surface area (Å²) in [6.45, 7) is 10.2. The second-order valence-electron chi connectivity index (χ2n) is 22.5. The lowest BCUT2D eigenvalue weighted by Gasteiger charge is -2.32. The highest BCUT2D eigenvalue weighted by Gasteiger charge is 2.32. The summed E-state index contributed by atoms with van der Waals surface area (Å²) in [6, 6.07) is 14.5. The maximum atomic E-state index is 12.6. The maximum absolute atomic E-state index is 12.6. The summed E-state index contributed by atoms with van der Waals surface area (Å²) in [5, 5.41) is 30.3. The predicted octanol–water partition coefficient (Wildman–Crippen LogP) is 3.00. The van der Waals surface area contributed by atoms with Gasteiger partial charge < -0.3 is 102 Å². The third kappa shape index (κ3) is 23.5. The molecule has 10 heterocycles. The Hall–Kier alpha value is -7.92. The molecule has 8 N–H and O–H groups in total. The van der Waals surface area contributed by atoms with Crippen LogP contribution < -0.4 is 44.6 Å². The molecule has 5 aliphatic rings. The van der Waals surface area contributed by atoms with Gasteiger partial charge in [-0.1, -0.05) is 0 Å². The molecule has 0 saturated carbocycles. The summed E-state index contributed by atoms with van der Waals surface area (Å²) in [7, 11) is 7.21. The number of methoxy groups -OCH3 is 5. The van der Waals surface area contributed by atoms with Crippen LogP contribution in [0.1, 0.15) is 108 Å². The molecule has 0 radical (unpaired) electrons. The molecule has 4 unspecified atom stereocenters. The number of nitrogens with one attached hydrogen (secondary N) is 1. The molecule has 0 aromatic carbocycles. The number of anilines is 2. The van der Waals surface area contributed by atoms with E-state index in [1.54, 1.807) is 112 Å². The number of hydrogen-bond donors (Lipinski definition) is 6. The summed E-state index contributed by atoms with van der Waals surface area (Å²) in [5.74, 6) is -2.56. The van der Waals surface area contributed by atoms with E-state index in [2.05, 4.69) is 19.2 Å². The van der Waals surface area contributed by atoms with Crippen LogP contribution in [0.15, 0.2) is 120 Å². The van der Waals surface area contributed by atoms with Crippen LogP contribution in [0.3, 0.4) is 0 Å². The van der Waals surface area contributed by atoms with Crippen molar-refractivity contribution in [3.8, 4) is 0 Å². The van der Waals surface area contributed by atoms with Crippen LogP contribution in [-0.4, -0.2) is 201 Å². The van der Waals surface area contributed by atoms with Crippen molar-refractivity contribution < 1.29 is 91.0 Å². The van der Waals surface area contributed by atoms with Gasteiger partial charge in [0.15, 0.2) is 0 Å². The monoisotopic (exact) mass is 1360 g/mol. The molecule has 0 bridgehead atoms. The highest BCUT2D eigenvalue weighted by atomic mass is 35.5. The number of esters is 2. The minimum Gasteiger partial charge on any atom is -0.477 e. The summed E-state index contributed by atoms with van der Waals surface area (Å²) in [6.07, 6.45) is 8.83. The first-order chi connectivity index (χ1) is 44.9. The second-order valence-corrected chi connectivity index (χ2v) is 22.5. The van der Waals surface area contributed by atoms with E-state index in [4.69, 9.17) is 64.3 Å². The van der Waals surface area contributed by atoms with E-state index in [9.17, 15) is 48.3 Å². The fraction of sp³-hybridized carbons (Fsp3) is 0.540. The zero-order chi connectivity index (χ0) is 69.1. The number of halogens is 1. The third-order valence-electron chi connectivity index (χ3n) is 15.1. The van der Waals surface area contributed by atoms with E-state index in [1.165, 1.54) is 53.9 Å². The second kappa shape index (κ2) is 39.8. The van der Waals surface area contributed by atoms with Gasteiger partial charge in [-0.25, -0.2) is 24.0 Å². The molecule has 0 aliphatic carbocycles. The molecule has 10 rings (SSSR count). The van der Waals surface area contributed by atoms with Crippen molar-refractivity contribution in [2.75, 3.05) is 113 Å². The van der Waals surface area contributed by atoms with Crippen LogP contribution in [-0.2, 0) is 52.1 Å². The number of hydrogen-bond acceptors (Lipinski definition) is 25. The fourth-order valence-electron chi connectivity index (χ4n) is 10.2. The number of carboxylic acid groups (broad SMARTS) is 1. The van der Waals surface area contributed by atoms with Gasteiger partial charge >= 0.3 is 29.6 Å². The number of carbonyl (C=O) groups is 4. The molecule has 32 heteroatoms. The van der Waals surface area contributed by atoms with Gasteiger partial charge in [0.1, 0.15) is 46.3 Å². The standard InChI is InChI=1S/C16H24N2O5.2C12H15NO5.C11H16N2O3.C7H6O4.C5H11NO2.ClH/c1-16(2,3)23-15(20)17-11-6-5-8-18(14(11)19)12-7-9-22-10-13(12)21-4;1-17-10-7-18-6-4-9(10)13-5-2-3-8(11(13)14)12(15)16;1-17-12(16)8-3-2-5-13(11(8)15)9-4-6-18-7-10(9)14;1-15-10-7-16-6-4-9(10)13-5-2-3-8(12)11(13)14;1-10-6(8)5-3-2-4-11-7(5)9;6-4-3-8-2-1-5(4)7;/h5-6,8,12-13H,7,9-10H2,1-4H3,(H,17,20);2-3,5,9-10H,4,6-7H2,1H3,(H,15,16);2-3,5,9-10,14H,4,6-7H2,1H3;2-3,5,9-10H,4,6-7,12H2,1H3;2-4H,1H3;4-5,7H,1-3,6H2;1H/t12?,13-;3*9?,10-;;4-,5+;/m1111.0./s1. The minimum absolute atomic E-state index is 0. The Kier molecular flexibility index (Phi) is 33.3. The van der Waals surface area contributed by atoms with Gasteiger partial charge in [0.05, 0.1) is 102 Å². The number of carbonyl (C=O) groups excluding carboxylic acids is 3. The number of aliphatic hydroxyl groups is 2. The lowest BCUT2D eigenvalue weighted by molar-refractivity contribution is -0.0609. The molecule has 5 aromatic rings. The Balaban J connectivity index is 0.000000248. The largest absolute Gasteiger partial charge is 0.477 e. The normalized spacial score (nSPS) is 23.0. The number of rotatable bonds is 11. The molecule has 95 heavy (non-hydrogen) atoms. The van der Waals surface area contributed by atoms with Crippen LogP contribution >= 0.6 is 12.4 Å². The maximum Gasteiger partial charge on any atom is 0.412 e. The van der Waals surface area contributed by atoms with Crippen LogP contribution in [0.25, 0.3) is 0 Å². The van der Waals surface area contributed by atoms with Crippen molar-refractivity contribution in [1.82, 2.24) is 18.3 Å². The molecular formula is C63H88ClN7O24. The number of nitrogens with two attached hydrogens (primary N) is 2. The molecule has 1 amide bonds. The summed E-state index contributed by atoms with van der Waals surface area (Å²) in [4.78, 5) is 104. The molecule has 5 aromatic heterocycles. The van der Waals surface area contributed by atoms with Crippen molar-refractivity contribution >= 4 is 47.8 Å². The quantitative estimate of drug-likeness (QED) is 0.0817. The number of pyridine rings is 4. The molecule has 5 aliphatic heterocycles. The van der Waals surface area contributed by atoms with E-state index in [1.807, 2.05) is 0 Å². The first kappa shape index (κ1) is 79.5. The molecule has 31 nitrogen and oxygen atoms in total. The van der Waals surface area contributed by atoms with Crippen molar-refractivity contribution in [2.45, 2.75) is 119 Å². The van der Waals surface area contributed by atoms with E-state index < -0.39 is 52.5 Å². The Bertz CT molecular complexity index is 3520. The van der Waals surface area contributed by atoms with Gasteiger partial charge in [-0.15, -0.1) is 12.4 Å². The average Bonchev–Trinajstić information content (AvgIpc) is 0.892. The molecule has 526 valence electrons. The first-order valence-corrected chi connectivity index (χ1v) is 30.1. The summed E-state index contributed by atoms with van der Waals surface area (Å²) >= 11 is 0. The average molecular weight is 1360 g/mol. The number of amides is 1. The Morgan fingerprint density at radius 3 is 1.39 bits per heavy atom. The smallest absolute Gasteiger partial charge is 0.412 e. The first-order valence-electron chi connectivity index (χ1n) is 30.1. The van der Waals surface area contributed by atoms with E-state index in [0.29, 0.717) is 85.1 Å². The van der Waals surface area contributed by atoms with E-state index >= 15 is 0 Å². The van der Waals surface area contributed by atoms with Crippen LogP contribution in [0.5, 0.6) is 0 Å². The summed E-state index contributed by atoms with van der Waals surface area (Å²) < 4.78 is 66.6. The van der Waals surface area contributed by atoms with Crippen molar-refractivity contribution in [3.05, 3.63) is 160 Å². The Morgan fingerprint density at radius 2 is 0.937 bits per heavy atom. The van der Waals surface area contributed by atoms with E-state index in [-0.39, 0.29) is 113 Å². The lowest BCUT2D eigenvalue weighted by Crippen LogP contribution is -2.43. The molecule has 10 atom stereocenters. The van der Waals surface area contributed by atoms with Crippen LogP contribution in [0.2, 0.25) is 0 Å². The number of aromatic carboxylic acids is 1. The number of nitrogen functional groups attached to an aromatic ring is 1. The van der Waals surface area contributed by atoms with Gasteiger partial charge in [-0.05, 0) is 114 Å². The molecule has 0 spiro atoms. The van der Waals surface area contributed by atoms with Gasteiger partial charge in [-0.2, -0.15) is 0 Å². The number of nitrogens with zero attached hydrogens (tertiary/aromatic N) is 4. The molecule has 5 fully saturated rings. The molecule has 5 saturated heterocycles. The Labute approximate surface area is 553 Å². The summed E-state index contributed by atoms with van der Waals surface area (Å²) in [5.41, 5.74) is 8.43. The number of aromatic nitrogens is 4. The van der Waals surface area contributed by atoms with Gasteiger partial charge in [0.2, 0.25) is 0 Å². The zero-order valence-electron chi connectivity index (χ0n) is 54.3.